The van der Waals surface area contributed by atoms with Gasteiger partial charge in [-0.15, -0.1) is 0 Å². The van der Waals surface area contributed by atoms with Crippen LogP contribution in [0.4, 0.5) is 0 Å². The molecule has 0 unspecified atom stereocenters. The number of aromatic hydroxyl groups is 2. The van der Waals surface area contributed by atoms with Gasteiger partial charge in [-0.25, -0.2) is 0 Å². The van der Waals surface area contributed by atoms with E-state index in [-0.39, 0.29) is 11.5 Å². The van der Waals surface area contributed by atoms with E-state index in [1.165, 1.54) is 12.1 Å². The third kappa shape index (κ3) is 2.69. The zero-order valence-corrected chi connectivity index (χ0v) is 13.6. The molecule has 5 heteroatoms. The summed E-state index contributed by atoms with van der Waals surface area (Å²) in [4.78, 5) is 0. The average Bonchev–Trinajstić information content (AvgIpc) is 2.43. The molecule has 0 saturated carbocycles. The SMILES string of the molecule is Cc1ccc(O)c(P(=O)(c2cc(C)ccc2O)N(C)C)c1. The van der Waals surface area contributed by atoms with Crippen molar-refractivity contribution in [3.8, 4) is 11.5 Å². The van der Waals surface area contributed by atoms with Gasteiger partial charge < -0.3 is 10.2 Å². The lowest BCUT2D eigenvalue weighted by Crippen LogP contribution is -2.27. The van der Waals surface area contributed by atoms with Crippen molar-refractivity contribution >= 4 is 17.9 Å². The summed E-state index contributed by atoms with van der Waals surface area (Å²) < 4.78 is 15.2. The van der Waals surface area contributed by atoms with Crippen LogP contribution in [0.1, 0.15) is 11.1 Å². The van der Waals surface area contributed by atoms with Gasteiger partial charge in [-0.1, -0.05) is 23.3 Å². The highest BCUT2D eigenvalue weighted by Crippen LogP contribution is 2.49. The van der Waals surface area contributed by atoms with Crippen LogP contribution in [0.25, 0.3) is 0 Å². The van der Waals surface area contributed by atoms with Gasteiger partial charge in [-0.3, -0.25) is 9.24 Å². The highest BCUT2D eigenvalue weighted by atomic mass is 31.2. The number of nitrogens with zero attached hydrogens (tertiary/aromatic N) is 1. The van der Waals surface area contributed by atoms with Crippen LogP contribution in [0, 0.1) is 13.8 Å². The van der Waals surface area contributed by atoms with Crippen molar-refractivity contribution in [3.05, 3.63) is 47.5 Å². The Balaban J connectivity index is 2.80. The van der Waals surface area contributed by atoms with Gasteiger partial charge in [0.25, 0.3) is 0 Å². The predicted molar refractivity (Wildman–Crippen MR) is 86.2 cm³/mol. The van der Waals surface area contributed by atoms with Crippen LogP contribution in [0.15, 0.2) is 36.4 Å². The summed E-state index contributed by atoms with van der Waals surface area (Å²) in [5.74, 6) is -0.0583. The van der Waals surface area contributed by atoms with E-state index in [4.69, 9.17) is 0 Å². The molecule has 0 aliphatic heterocycles. The fourth-order valence-electron chi connectivity index (χ4n) is 2.31. The second-order valence-electron chi connectivity index (χ2n) is 5.41. The van der Waals surface area contributed by atoms with Crippen LogP contribution in [0.3, 0.4) is 0 Å². The van der Waals surface area contributed by atoms with Gasteiger partial charge in [-0.05, 0) is 52.2 Å². The highest BCUT2D eigenvalue weighted by Gasteiger charge is 2.35. The first-order valence-electron chi connectivity index (χ1n) is 6.65. The van der Waals surface area contributed by atoms with Crippen molar-refractivity contribution in [2.24, 2.45) is 0 Å². The monoisotopic (exact) mass is 305 g/mol. The van der Waals surface area contributed by atoms with Gasteiger partial charge in [0.2, 0.25) is 7.29 Å². The second-order valence-corrected chi connectivity index (χ2v) is 8.32. The number of rotatable bonds is 3. The first-order chi connectivity index (χ1) is 9.76. The minimum absolute atomic E-state index is 0.0291. The van der Waals surface area contributed by atoms with Crippen LogP contribution < -0.4 is 10.6 Å². The molecule has 2 N–H and O–H groups in total. The Labute approximate surface area is 125 Å². The first-order valence-corrected chi connectivity index (χ1v) is 8.31. The van der Waals surface area contributed by atoms with Gasteiger partial charge in [0.1, 0.15) is 11.5 Å². The largest absolute Gasteiger partial charge is 0.507 e. The van der Waals surface area contributed by atoms with E-state index in [1.807, 2.05) is 13.8 Å². The molecule has 21 heavy (non-hydrogen) atoms. The van der Waals surface area contributed by atoms with E-state index in [2.05, 4.69) is 0 Å². The number of benzene rings is 2. The van der Waals surface area contributed by atoms with E-state index in [0.29, 0.717) is 10.6 Å². The minimum Gasteiger partial charge on any atom is -0.507 e. The normalized spacial score (nSPS) is 11.9. The smallest absolute Gasteiger partial charge is 0.214 e. The summed E-state index contributed by atoms with van der Waals surface area (Å²) in [6.07, 6.45) is 0. The lowest BCUT2D eigenvalue weighted by Gasteiger charge is -2.27. The molecule has 2 aromatic carbocycles. The summed E-state index contributed by atoms with van der Waals surface area (Å²) in [7, 11) is 0.0779. The van der Waals surface area contributed by atoms with Crippen molar-refractivity contribution in [1.29, 1.82) is 0 Å². The lowest BCUT2D eigenvalue weighted by atomic mass is 10.2. The topological polar surface area (TPSA) is 60.8 Å². The van der Waals surface area contributed by atoms with Crippen LogP contribution >= 0.6 is 7.29 Å². The maximum absolute atomic E-state index is 13.7. The Morgan fingerprint density at radius 1 is 0.857 bits per heavy atom. The summed E-state index contributed by atoms with van der Waals surface area (Å²) in [5, 5.41) is 21.0. The number of hydrogen-bond acceptors (Lipinski definition) is 3. The molecule has 0 amide bonds. The number of aryl methyl sites for hydroxylation is 2. The van der Waals surface area contributed by atoms with Crippen molar-refractivity contribution in [2.45, 2.75) is 13.8 Å². The van der Waals surface area contributed by atoms with Gasteiger partial charge in [0.05, 0.1) is 10.6 Å². The van der Waals surface area contributed by atoms with Gasteiger partial charge in [0, 0.05) is 0 Å². The minimum atomic E-state index is -3.29. The summed E-state index contributed by atoms with van der Waals surface area (Å²) >= 11 is 0. The first kappa shape index (κ1) is 15.6. The van der Waals surface area contributed by atoms with E-state index in [0.717, 1.165) is 11.1 Å². The van der Waals surface area contributed by atoms with Crippen LogP contribution in [0.5, 0.6) is 11.5 Å². The van der Waals surface area contributed by atoms with Crippen molar-refractivity contribution in [3.63, 3.8) is 0 Å². The van der Waals surface area contributed by atoms with E-state index in [1.54, 1.807) is 43.0 Å². The molecule has 2 rings (SSSR count). The third-order valence-corrected chi connectivity index (χ3v) is 6.63. The Bertz CT molecular complexity index is 670. The molecule has 0 aliphatic carbocycles. The molecular weight excluding hydrogens is 285 g/mol. The standard InChI is InChI=1S/C16H20NO3P/c1-11-5-7-13(18)15(9-11)21(20,17(3)4)16-10-12(2)6-8-14(16)19/h5-10,18-19H,1-4H3. The van der Waals surface area contributed by atoms with Crippen LogP contribution in [-0.4, -0.2) is 29.0 Å². The Kier molecular flexibility index (Phi) is 4.13. The molecule has 0 saturated heterocycles. The average molecular weight is 305 g/mol. The Hall–Kier alpha value is -1.77. The number of phenols is 2. The maximum Gasteiger partial charge on any atom is 0.214 e. The Morgan fingerprint density at radius 3 is 1.57 bits per heavy atom. The van der Waals surface area contributed by atoms with Crippen molar-refractivity contribution in [1.82, 2.24) is 4.67 Å². The molecule has 0 radical (unpaired) electrons. The fraction of sp³-hybridized carbons (Fsp3) is 0.250. The number of hydrogen-bond donors (Lipinski definition) is 2. The molecule has 0 fully saturated rings. The van der Waals surface area contributed by atoms with Gasteiger partial charge in [-0.2, -0.15) is 0 Å². The van der Waals surface area contributed by atoms with Crippen LogP contribution in [-0.2, 0) is 4.57 Å². The zero-order valence-electron chi connectivity index (χ0n) is 12.7. The van der Waals surface area contributed by atoms with Gasteiger partial charge in [0.15, 0.2) is 0 Å². The molecule has 4 nitrogen and oxygen atoms in total. The molecule has 0 spiro atoms. The summed E-state index contributed by atoms with van der Waals surface area (Å²) in [5.41, 5.74) is 1.80. The second kappa shape index (κ2) is 5.55. The number of phenolic OH excluding ortho intramolecular Hbond substituents is 2. The zero-order chi connectivity index (χ0) is 15.8. The molecule has 0 atom stereocenters. The molecule has 0 bridgehead atoms. The molecule has 0 aliphatic rings. The Morgan fingerprint density at radius 2 is 1.24 bits per heavy atom. The van der Waals surface area contributed by atoms with Gasteiger partial charge >= 0.3 is 0 Å². The summed E-state index contributed by atoms with van der Waals surface area (Å²) in [6.45, 7) is 3.75. The van der Waals surface area contributed by atoms with Crippen molar-refractivity contribution < 1.29 is 14.8 Å². The van der Waals surface area contributed by atoms with E-state index in [9.17, 15) is 14.8 Å². The van der Waals surface area contributed by atoms with Crippen LogP contribution in [0.2, 0.25) is 0 Å². The lowest BCUT2D eigenvalue weighted by molar-refractivity contribution is 0.473. The van der Waals surface area contributed by atoms with Crippen molar-refractivity contribution in [2.75, 3.05) is 14.1 Å². The molecule has 0 aromatic heterocycles. The molecule has 0 heterocycles. The van der Waals surface area contributed by atoms with E-state index >= 15 is 0 Å². The molecule has 2 aromatic rings. The molecular formula is C16H20NO3P. The highest BCUT2D eigenvalue weighted by molar-refractivity contribution is 7.77. The summed E-state index contributed by atoms with van der Waals surface area (Å²) in [6, 6.07) is 10.0. The molecule has 112 valence electrons. The quantitative estimate of drug-likeness (QED) is 0.855. The third-order valence-electron chi connectivity index (χ3n) is 3.48. The van der Waals surface area contributed by atoms with E-state index < -0.39 is 7.29 Å². The fourth-order valence-corrected chi connectivity index (χ4v) is 4.96. The predicted octanol–water partition coefficient (Wildman–Crippen LogP) is 2.51. The maximum atomic E-state index is 13.7.